The highest BCUT2D eigenvalue weighted by molar-refractivity contribution is 6.42. The molecule has 2 aliphatic heterocycles. The van der Waals surface area contributed by atoms with Gasteiger partial charge in [0.05, 0.1) is 34.4 Å². The Morgan fingerprint density at radius 1 is 0.558 bits per heavy atom. The molecular formula is C38H26F6N4O4. The molecule has 2 aliphatic rings. The molecule has 5 aromatic rings. The summed E-state index contributed by atoms with van der Waals surface area (Å²) >= 11 is 0. The Balaban J connectivity index is 1.56. The predicted octanol–water partition coefficient (Wildman–Crippen LogP) is 8.91. The molecule has 7 rings (SSSR count). The molecule has 0 fully saturated rings. The molecule has 0 N–H and O–H groups in total. The number of unbranched alkanes of at least 4 members (excludes halogenated alkanes) is 2. The van der Waals surface area contributed by atoms with Crippen LogP contribution < -0.4 is 0 Å². The summed E-state index contributed by atoms with van der Waals surface area (Å²) in [7, 11) is 0. The van der Waals surface area contributed by atoms with E-state index in [0.29, 0.717) is 12.8 Å². The van der Waals surface area contributed by atoms with Crippen LogP contribution in [0.4, 0.5) is 26.3 Å². The monoisotopic (exact) mass is 716 g/mol. The number of amides is 4. The number of alkyl halides is 6. The zero-order valence-electron chi connectivity index (χ0n) is 27.6. The summed E-state index contributed by atoms with van der Waals surface area (Å²) in [6, 6.07) is 6.51. The molecule has 0 saturated heterocycles. The van der Waals surface area contributed by atoms with E-state index in [1.807, 2.05) is 12.1 Å². The third-order valence-electron chi connectivity index (χ3n) is 10.2. The third kappa shape index (κ3) is 4.73. The van der Waals surface area contributed by atoms with Crippen molar-refractivity contribution in [2.24, 2.45) is 0 Å². The Hall–Kier alpha value is -5.76. The van der Waals surface area contributed by atoms with Gasteiger partial charge in [-0.2, -0.15) is 36.9 Å². The first-order valence-corrected chi connectivity index (χ1v) is 16.6. The molecule has 0 spiro atoms. The summed E-state index contributed by atoms with van der Waals surface area (Å²) in [6.45, 7) is 3.34. The number of hydrogen-bond donors (Lipinski definition) is 0. The number of carbonyl (C=O) groups is 4. The van der Waals surface area contributed by atoms with Gasteiger partial charge in [0.25, 0.3) is 23.6 Å². The summed E-state index contributed by atoms with van der Waals surface area (Å²) < 4.78 is 86.1. The van der Waals surface area contributed by atoms with Crippen LogP contribution in [0.25, 0.3) is 43.1 Å². The van der Waals surface area contributed by atoms with Crippen molar-refractivity contribution in [3.63, 3.8) is 0 Å². The minimum Gasteiger partial charge on any atom is -0.269 e. The van der Waals surface area contributed by atoms with Crippen LogP contribution in [-0.4, -0.2) is 57.9 Å². The lowest BCUT2D eigenvalue weighted by atomic mass is 9.79. The summed E-state index contributed by atoms with van der Waals surface area (Å²) in [5.41, 5.74) is -1.48. The van der Waals surface area contributed by atoms with Crippen molar-refractivity contribution in [2.75, 3.05) is 0 Å². The summed E-state index contributed by atoms with van der Waals surface area (Å²) in [6.07, 6.45) is -10.1. The first-order chi connectivity index (χ1) is 24.6. The Labute approximate surface area is 291 Å². The molecule has 0 unspecified atom stereocenters. The van der Waals surface area contributed by atoms with Gasteiger partial charge < -0.3 is 0 Å². The average molecular weight is 717 g/mol. The molecule has 0 saturated carbocycles. The second-order valence-electron chi connectivity index (χ2n) is 13.1. The predicted molar refractivity (Wildman–Crippen MR) is 177 cm³/mol. The van der Waals surface area contributed by atoms with E-state index in [9.17, 15) is 56.0 Å². The Morgan fingerprint density at radius 3 is 1.21 bits per heavy atom. The molecule has 4 amide bonds. The van der Waals surface area contributed by atoms with Gasteiger partial charge in [0.2, 0.25) is 0 Å². The molecule has 0 radical (unpaired) electrons. The molecule has 2 heterocycles. The van der Waals surface area contributed by atoms with Crippen LogP contribution >= 0.6 is 0 Å². The minimum absolute atomic E-state index is 0.0284. The topological polar surface area (TPSA) is 122 Å². The molecule has 0 aliphatic carbocycles. The highest BCUT2D eigenvalue weighted by Crippen LogP contribution is 2.49. The number of benzene rings is 5. The first kappa shape index (κ1) is 34.7. The maximum atomic E-state index is 14.4. The smallest absolute Gasteiger partial charge is 0.269 e. The Morgan fingerprint density at radius 2 is 0.904 bits per heavy atom. The van der Waals surface area contributed by atoms with Crippen LogP contribution in [0.5, 0.6) is 0 Å². The van der Waals surface area contributed by atoms with Gasteiger partial charge in [-0.25, -0.2) is 0 Å². The zero-order valence-corrected chi connectivity index (χ0v) is 27.6. The maximum absolute atomic E-state index is 14.4. The Kier molecular flexibility index (Phi) is 7.94. The number of rotatable bonds is 8. The van der Waals surface area contributed by atoms with Crippen molar-refractivity contribution in [3.8, 4) is 12.1 Å². The second kappa shape index (κ2) is 11.9. The fraction of sp³-hybridized carbons (Fsp3) is 0.316. The van der Waals surface area contributed by atoms with Gasteiger partial charge in [-0.15, -0.1) is 0 Å². The normalized spacial score (nSPS) is 16.0. The number of fused-ring (bicyclic) bond motifs is 2. The molecule has 8 nitrogen and oxygen atoms in total. The van der Waals surface area contributed by atoms with Gasteiger partial charge in [0.15, 0.2) is 0 Å². The van der Waals surface area contributed by atoms with E-state index in [-0.39, 0.29) is 99.1 Å². The minimum atomic E-state index is -4.95. The van der Waals surface area contributed by atoms with Crippen LogP contribution in [0, 0.1) is 22.7 Å². The van der Waals surface area contributed by atoms with E-state index in [0.717, 1.165) is 12.1 Å². The molecule has 264 valence electrons. The van der Waals surface area contributed by atoms with Crippen molar-refractivity contribution in [2.45, 2.75) is 76.8 Å². The number of halogens is 6. The standard InChI is InChI=1S/C38H26F6N4O4/c1-3-5-7-25(37(39,40)41)47-33(49)21-11-9-19-28-18(16-46)14-24-30-22(34(50)48(36(24)52)26(8-6-4-2)38(42,43)44)12-10-20(32(28)30)27-17(15-45)13-23(35(47)51)29(21)31(19)27/h9-14,25-26H,3-8H2,1-2H3/t25-,26-/m0/s1. The van der Waals surface area contributed by atoms with Crippen molar-refractivity contribution >= 4 is 66.7 Å². The van der Waals surface area contributed by atoms with Crippen LogP contribution in [0.1, 0.15) is 105 Å². The lowest BCUT2D eigenvalue weighted by molar-refractivity contribution is -0.173. The lowest BCUT2D eigenvalue weighted by Crippen LogP contribution is -2.53. The number of carbonyl (C=O) groups excluding carboxylic acids is 4. The van der Waals surface area contributed by atoms with Gasteiger partial charge in [-0.05, 0) is 47.9 Å². The van der Waals surface area contributed by atoms with Gasteiger partial charge in [0, 0.05) is 43.4 Å². The maximum Gasteiger partial charge on any atom is 0.409 e. The van der Waals surface area contributed by atoms with Crippen molar-refractivity contribution in [1.82, 2.24) is 9.80 Å². The van der Waals surface area contributed by atoms with Crippen molar-refractivity contribution in [3.05, 3.63) is 69.8 Å². The van der Waals surface area contributed by atoms with E-state index < -0.39 is 60.9 Å². The van der Waals surface area contributed by atoms with Crippen molar-refractivity contribution < 1.29 is 45.5 Å². The van der Waals surface area contributed by atoms with Crippen LogP contribution in [0.3, 0.4) is 0 Å². The van der Waals surface area contributed by atoms with Gasteiger partial charge in [0.1, 0.15) is 12.1 Å². The SMILES string of the molecule is CCCC[C@H](N1C(=O)c2ccc3c4c(C#N)cc5c6c(ccc(c7c(C#N)cc(c2c37)C1=O)c64)C(=O)N([C@@H](CCCC)C(F)(F)F)C5=O)C(F)(F)F. The van der Waals surface area contributed by atoms with Gasteiger partial charge >= 0.3 is 12.4 Å². The average Bonchev–Trinajstić information content (AvgIpc) is 3.10. The fourth-order valence-corrected chi connectivity index (χ4v) is 7.92. The first-order valence-electron chi connectivity index (χ1n) is 16.6. The third-order valence-corrected chi connectivity index (χ3v) is 10.2. The Bertz CT molecular complexity index is 2340. The molecule has 2 atom stereocenters. The molecule has 14 heteroatoms. The lowest BCUT2D eigenvalue weighted by Gasteiger charge is -2.36. The number of hydrogen-bond acceptors (Lipinski definition) is 6. The highest BCUT2D eigenvalue weighted by atomic mass is 19.4. The summed E-state index contributed by atoms with van der Waals surface area (Å²) in [4.78, 5) is 56.0. The van der Waals surface area contributed by atoms with Gasteiger partial charge in [-0.3, -0.25) is 29.0 Å². The molecule has 0 aromatic heterocycles. The summed E-state index contributed by atoms with van der Waals surface area (Å²) in [5, 5.41) is 21.6. The number of nitriles is 2. The highest BCUT2D eigenvalue weighted by Gasteiger charge is 2.52. The van der Waals surface area contributed by atoms with Crippen molar-refractivity contribution in [1.29, 1.82) is 10.5 Å². The summed E-state index contributed by atoms with van der Waals surface area (Å²) in [5.74, 6) is -4.86. The van der Waals surface area contributed by atoms with Crippen LogP contribution in [-0.2, 0) is 0 Å². The molecular weight excluding hydrogens is 690 g/mol. The van der Waals surface area contributed by atoms with Crippen LogP contribution in [0.2, 0.25) is 0 Å². The second-order valence-corrected chi connectivity index (χ2v) is 13.1. The molecule has 52 heavy (non-hydrogen) atoms. The van der Waals surface area contributed by atoms with E-state index in [1.165, 1.54) is 24.3 Å². The molecule has 0 bridgehead atoms. The van der Waals surface area contributed by atoms with Gasteiger partial charge in [-0.1, -0.05) is 51.7 Å². The quantitative estimate of drug-likeness (QED) is 0.0684. The fourth-order valence-electron chi connectivity index (χ4n) is 7.92. The van der Waals surface area contributed by atoms with E-state index in [1.54, 1.807) is 13.8 Å². The number of imide groups is 2. The van der Waals surface area contributed by atoms with Crippen LogP contribution in [0.15, 0.2) is 36.4 Å². The largest absolute Gasteiger partial charge is 0.409 e. The number of nitrogens with zero attached hydrogens (tertiary/aromatic N) is 4. The van der Waals surface area contributed by atoms with E-state index >= 15 is 0 Å². The van der Waals surface area contributed by atoms with E-state index in [2.05, 4.69) is 0 Å². The molecule has 5 aromatic carbocycles. The van der Waals surface area contributed by atoms with E-state index in [4.69, 9.17) is 0 Å². The zero-order chi connectivity index (χ0) is 37.6.